The Morgan fingerprint density at radius 2 is 2.53 bits per heavy atom. The van der Waals surface area contributed by atoms with Gasteiger partial charge in [0, 0.05) is 37.5 Å². The molecular formula is C14H21N3O2. The van der Waals surface area contributed by atoms with Crippen molar-refractivity contribution in [2.45, 2.75) is 38.2 Å². The molecule has 0 spiro atoms. The molecule has 3 atom stereocenters. The lowest BCUT2D eigenvalue weighted by Crippen LogP contribution is -2.40. The van der Waals surface area contributed by atoms with Crippen LogP contribution in [0.4, 0.5) is 0 Å². The Morgan fingerprint density at radius 1 is 1.63 bits per heavy atom. The van der Waals surface area contributed by atoms with Crippen LogP contribution in [-0.4, -0.2) is 46.8 Å². The van der Waals surface area contributed by atoms with Gasteiger partial charge in [-0.3, -0.25) is 9.89 Å². The lowest BCUT2D eigenvalue weighted by Gasteiger charge is -2.32. The quantitative estimate of drug-likeness (QED) is 0.896. The largest absolute Gasteiger partial charge is 0.378 e. The third-order valence-corrected chi connectivity index (χ3v) is 4.13. The number of hydrogen-bond acceptors (Lipinski definition) is 3. The van der Waals surface area contributed by atoms with E-state index in [9.17, 15) is 4.79 Å². The van der Waals surface area contributed by atoms with Gasteiger partial charge in [-0.1, -0.05) is 0 Å². The number of carbonyl (C=O) groups excluding carboxylic acids is 1. The fourth-order valence-electron chi connectivity index (χ4n) is 2.99. The van der Waals surface area contributed by atoms with Crippen molar-refractivity contribution < 1.29 is 9.53 Å². The van der Waals surface area contributed by atoms with Gasteiger partial charge in [0.05, 0.1) is 12.0 Å². The Balaban J connectivity index is 1.58. The van der Waals surface area contributed by atoms with E-state index in [0.717, 1.165) is 38.0 Å². The summed E-state index contributed by atoms with van der Waals surface area (Å²) in [5.74, 6) is 0.799. The van der Waals surface area contributed by atoms with Crippen LogP contribution in [0.5, 0.6) is 0 Å². The predicted octanol–water partition coefficient (Wildman–Crippen LogP) is 1.54. The summed E-state index contributed by atoms with van der Waals surface area (Å²) in [6.45, 7) is 4.38. The van der Waals surface area contributed by atoms with Gasteiger partial charge in [-0.05, 0) is 32.3 Å². The van der Waals surface area contributed by atoms with Crippen LogP contribution >= 0.6 is 0 Å². The first-order chi connectivity index (χ1) is 9.29. The average Bonchev–Trinajstić information content (AvgIpc) is 3.00. The van der Waals surface area contributed by atoms with Gasteiger partial charge in [0.1, 0.15) is 0 Å². The molecule has 1 aromatic rings. The van der Waals surface area contributed by atoms with E-state index in [0.29, 0.717) is 12.5 Å². The molecular weight excluding hydrogens is 242 g/mol. The highest BCUT2D eigenvalue weighted by molar-refractivity contribution is 5.82. The summed E-state index contributed by atoms with van der Waals surface area (Å²) in [4.78, 5) is 14.4. The zero-order valence-corrected chi connectivity index (χ0v) is 11.3. The van der Waals surface area contributed by atoms with E-state index >= 15 is 0 Å². The fourth-order valence-corrected chi connectivity index (χ4v) is 2.99. The van der Waals surface area contributed by atoms with Gasteiger partial charge >= 0.3 is 0 Å². The molecule has 0 bridgehead atoms. The molecule has 19 heavy (non-hydrogen) atoms. The van der Waals surface area contributed by atoms with Crippen molar-refractivity contribution >= 4 is 5.91 Å². The summed E-state index contributed by atoms with van der Waals surface area (Å²) in [5.41, 5.74) is 1.15. The number of nitrogens with zero attached hydrogens (tertiary/aromatic N) is 2. The molecule has 1 amide bonds. The summed E-state index contributed by atoms with van der Waals surface area (Å²) in [6, 6.07) is 2.01. The van der Waals surface area contributed by atoms with Crippen LogP contribution in [0.1, 0.15) is 37.8 Å². The molecule has 104 valence electrons. The molecule has 1 aliphatic carbocycles. The second-order valence-corrected chi connectivity index (χ2v) is 5.47. The number of aromatic nitrogens is 2. The number of likely N-dealkylation sites (tertiary alicyclic amines) is 1. The average molecular weight is 263 g/mol. The first kappa shape index (κ1) is 12.7. The Labute approximate surface area is 113 Å². The molecule has 5 heteroatoms. The number of aromatic amines is 1. The number of ether oxygens (including phenoxy) is 1. The van der Waals surface area contributed by atoms with Gasteiger partial charge < -0.3 is 9.64 Å². The van der Waals surface area contributed by atoms with Crippen molar-refractivity contribution in [1.82, 2.24) is 15.1 Å². The van der Waals surface area contributed by atoms with Crippen LogP contribution in [0.25, 0.3) is 0 Å². The van der Waals surface area contributed by atoms with Crippen molar-refractivity contribution in [2.75, 3.05) is 19.7 Å². The molecule has 1 aromatic heterocycles. The standard InChI is InChI=1S/C14H21N3O2/c1-2-19-13-8-11(13)14(18)17-7-3-4-10(9-17)12-5-6-15-16-12/h5-6,10-11,13H,2-4,7-9H2,1H3,(H,15,16)/t10-,11-,13-/m1/s1. The van der Waals surface area contributed by atoms with E-state index in [1.165, 1.54) is 0 Å². The first-order valence-corrected chi connectivity index (χ1v) is 7.19. The van der Waals surface area contributed by atoms with Gasteiger partial charge in [-0.25, -0.2) is 0 Å². The molecule has 1 saturated heterocycles. The predicted molar refractivity (Wildman–Crippen MR) is 70.7 cm³/mol. The summed E-state index contributed by atoms with van der Waals surface area (Å²) >= 11 is 0. The van der Waals surface area contributed by atoms with Crippen LogP contribution in [0.15, 0.2) is 12.3 Å². The fraction of sp³-hybridized carbons (Fsp3) is 0.714. The van der Waals surface area contributed by atoms with Crippen molar-refractivity contribution in [2.24, 2.45) is 5.92 Å². The zero-order chi connectivity index (χ0) is 13.2. The number of rotatable bonds is 4. The van der Waals surface area contributed by atoms with Crippen molar-refractivity contribution in [1.29, 1.82) is 0 Å². The Hall–Kier alpha value is -1.36. The molecule has 2 fully saturated rings. The SMILES string of the molecule is CCO[C@@H]1C[C@H]1C(=O)N1CCC[C@@H](c2ccn[nH]2)C1. The Morgan fingerprint density at radius 3 is 3.26 bits per heavy atom. The summed E-state index contributed by atoms with van der Waals surface area (Å²) in [7, 11) is 0. The van der Waals surface area contributed by atoms with E-state index in [4.69, 9.17) is 4.74 Å². The molecule has 0 radical (unpaired) electrons. The highest BCUT2D eigenvalue weighted by Gasteiger charge is 2.46. The van der Waals surface area contributed by atoms with Crippen LogP contribution in [0, 0.1) is 5.92 Å². The number of nitrogens with one attached hydrogen (secondary N) is 1. The molecule has 1 saturated carbocycles. The molecule has 1 aliphatic heterocycles. The minimum absolute atomic E-state index is 0.112. The number of carbonyl (C=O) groups is 1. The van der Waals surface area contributed by atoms with E-state index in [1.807, 2.05) is 17.9 Å². The molecule has 1 N–H and O–H groups in total. The molecule has 2 heterocycles. The first-order valence-electron chi connectivity index (χ1n) is 7.19. The highest BCUT2D eigenvalue weighted by Crippen LogP contribution is 2.37. The molecule has 2 aliphatic rings. The van der Waals surface area contributed by atoms with Crippen LogP contribution in [0.2, 0.25) is 0 Å². The minimum Gasteiger partial charge on any atom is -0.378 e. The molecule has 0 unspecified atom stereocenters. The topological polar surface area (TPSA) is 58.2 Å². The third-order valence-electron chi connectivity index (χ3n) is 4.13. The monoisotopic (exact) mass is 263 g/mol. The van der Waals surface area contributed by atoms with E-state index < -0.39 is 0 Å². The van der Waals surface area contributed by atoms with Crippen LogP contribution in [-0.2, 0) is 9.53 Å². The van der Waals surface area contributed by atoms with Crippen LogP contribution in [0.3, 0.4) is 0 Å². The third kappa shape index (κ3) is 2.66. The normalized spacial score (nSPS) is 30.4. The summed E-state index contributed by atoms with van der Waals surface area (Å²) in [5, 5.41) is 7.03. The van der Waals surface area contributed by atoms with Gasteiger partial charge in [-0.15, -0.1) is 0 Å². The number of piperidine rings is 1. The maximum absolute atomic E-state index is 12.4. The van der Waals surface area contributed by atoms with Crippen molar-refractivity contribution in [3.05, 3.63) is 18.0 Å². The highest BCUT2D eigenvalue weighted by atomic mass is 16.5. The van der Waals surface area contributed by atoms with Gasteiger partial charge in [0.15, 0.2) is 0 Å². The van der Waals surface area contributed by atoms with E-state index in [2.05, 4.69) is 10.2 Å². The Kier molecular flexibility index (Phi) is 3.55. The van der Waals surface area contributed by atoms with Gasteiger partial charge in [0.2, 0.25) is 5.91 Å². The Bertz CT molecular complexity index is 432. The second kappa shape index (κ2) is 5.33. The van der Waals surface area contributed by atoms with Crippen molar-refractivity contribution in [3.63, 3.8) is 0 Å². The van der Waals surface area contributed by atoms with Gasteiger partial charge in [-0.2, -0.15) is 5.10 Å². The smallest absolute Gasteiger partial charge is 0.228 e. The maximum atomic E-state index is 12.4. The van der Waals surface area contributed by atoms with Crippen molar-refractivity contribution in [3.8, 4) is 0 Å². The van der Waals surface area contributed by atoms with Crippen LogP contribution < -0.4 is 0 Å². The number of hydrogen-bond donors (Lipinski definition) is 1. The van der Waals surface area contributed by atoms with E-state index in [-0.39, 0.29) is 17.9 Å². The number of H-pyrrole nitrogens is 1. The van der Waals surface area contributed by atoms with E-state index in [1.54, 1.807) is 6.20 Å². The molecule has 0 aromatic carbocycles. The summed E-state index contributed by atoms with van der Waals surface area (Å²) < 4.78 is 5.51. The van der Waals surface area contributed by atoms with Gasteiger partial charge in [0.25, 0.3) is 0 Å². The maximum Gasteiger partial charge on any atom is 0.228 e. The second-order valence-electron chi connectivity index (χ2n) is 5.47. The molecule has 3 rings (SSSR count). The molecule has 5 nitrogen and oxygen atoms in total. The zero-order valence-electron chi connectivity index (χ0n) is 11.3. The summed E-state index contributed by atoms with van der Waals surface area (Å²) in [6.07, 6.45) is 5.05. The minimum atomic E-state index is 0.112. The lowest BCUT2D eigenvalue weighted by molar-refractivity contribution is -0.134. The lowest BCUT2D eigenvalue weighted by atomic mass is 9.94. The number of amides is 1.